The summed E-state index contributed by atoms with van der Waals surface area (Å²) >= 11 is 0. The van der Waals surface area contributed by atoms with Crippen LogP contribution in [0, 0.1) is 12.7 Å². The lowest BCUT2D eigenvalue weighted by Gasteiger charge is -2.36. The summed E-state index contributed by atoms with van der Waals surface area (Å²) in [4.78, 5) is 33.0. The Kier molecular flexibility index (Phi) is 7.93. The number of H-pyrrole nitrogens is 1. The van der Waals surface area contributed by atoms with Crippen molar-refractivity contribution in [3.63, 3.8) is 0 Å². The summed E-state index contributed by atoms with van der Waals surface area (Å²) in [5, 5.41) is 0. The number of aromatic amines is 1. The number of aryl methyl sites for hydroxylation is 1. The Hall–Kier alpha value is -2.50. The summed E-state index contributed by atoms with van der Waals surface area (Å²) in [5.41, 5.74) is 1.00. The first kappa shape index (κ1) is 23.8. The third-order valence-electron chi connectivity index (χ3n) is 5.71. The first-order valence-corrected chi connectivity index (χ1v) is 10.9. The molecular formula is C24H33FN2O3. The molecule has 1 fully saturated rings. The Balaban J connectivity index is 0.000000757. The van der Waals surface area contributed by atoms with Gasteiger partial charge in [0.2, 0.25) is 0 Å². The predicted molar refractivity (Wildman–Crippen MR) is 116 cm³/mol. The maximum absolute atomic E-state index is 14.2. The smallest absolute Gasteiger partial charge is 0.316 e. The van der Waals surface area contributed by atoms with Crippen molar-refractivity contribution in [1.29, 1.82) is 0 Å². The van der Waals surface area contributed by atoms with E-state index in [1.54, 1.807) is 19.1 Å². The van der Waals surface area contributed by atoms with E-state index < -0.39 is 11.4 Å². The number of carbonyl (C=O) groups is 1. The van der Waals surface area contributed by atoms with Gasteiger partial charge < -0.3 is 9.72 Å². The summed E-state index contributed by atoms with van der Waals surface area (Å²) in [6, 6.07) is 4.72. The number of carbonyl (C=O) groups excluding carboxylic acids is 1. The van der Waals surface area contributed by atoms with Gasteiger partial charge in [0.05, 0.1) is 18.2 Å². The third-order valence-corrected chi connectivity index (χ3v) is 5.71. The number of benzene rings is 1. The molecule has 2 aliphatic rings. The molecule has 0 spiro atoms. The highest BCUT2D eigenvalue weighted by atomic mass is 19.1. The Morgan fingerprint density at radius 3 is 2.50 bits per heavy atom. The molecule has 5 nitrogen and oxygen atoms in total. The lowest BCUT2D eigenvalue weighted by Crippen LogP contribution is -2.45. The molecule has 30 heavy (non-hydrogen) atoms. The molecule has 1 aromatic carbocycles. The van der Waals surface area contributed by atoms with E-state index in [4.69, 9.17) is 4.74 Å². The Morgan fingerprint density at radius 2 is 1.90 bits per heavy atom. The number of nitrogens with zero attached hydrogens (tertiary/aromatic N) is 1. The number of ether oxygens (including phenoxy) is 1. The average Bonchev–Trinajstić information content (AvgIpc) is 3.63. The van der Waals surface area contributed by atoms with Gasteiger partial charge in [-0.3, -0.25) is 9.59 Å². The summed E-state index contributed by atoms with van der Waals surface area (Å²) in [6.45, 7) is 9.66. The van der Waals surface area contributed by atoms with Crippen LogP contribution in [0.5, 0.6) is 0 Å². The van der Waals surface area contributed by atoms with Crippen molar-refractivity contribution < 1.29 is 13.9 Å². The molecule has 1 heterocycles. The summed E-state index contributed by atoms with van der Waals surface area (Å²) in [7, 11) is 1.33. The van der Waals surface area contributed by atoms with E-state index in [9.17, 15) is 14.0 Å². The molecule has 1 N–H and O–H groups in total. The van der Waals surface area contributed by atoms with Crippen molar-refractivity contribution >= 4 is 5.97 Å². The van der Waals surface area contributed by atoms with Gasteiger partial charge >= 0.3 is 5.97 Å². The number of halogens is 1. The number of esters is 1. The molecule has 1 aromatic heterocycles. The van der Waals surface area contributed by atoms with Crippen LogP contribution in [0.1, 0.15) is 81.1 Å². The standard InChI is InChI=1S/C20H21FN2O3.2C2H6/c1-11-14(4-3-5-15(11)21)20(19(25)26-2)9-8-16-13(10-20)18(24)23-17(22-16)12-6-7-12;2*1-2/h3-5,12H,6-10H2,1-2H3,(H,22,23,24);2*1-2H3. The fourth-order valence-corrected chi connectivity index (χ4v) is 4.06. The largest absolute Gasteiger partial charge is 0.468 e. The topological polar surface area (TPSA) is 72.0 Å². The molecule has 2 aliphatic carbocycles. The zero-order valence-electron chi connectivity index (χ0n) is 18.9. The molecule has 2 aromatic rings. The second kappa shape index (κ2) is 10.0. The van der Waals surface area contributed by atoms with Crippen LogP contribution >= 0.6 is 0 Å². The molecule has 0 aliphatic heterocycles. The third kappa shape index (κ3) is 4.32. The molecule has 1 unspecified atom stereocenters. The molecule has 0 radical (unpaired) electrons. The van der Waals surface area contributed by atoms with Gasteiger partial charge in [0.1, 0.15) is 11.6 Å². The Morgan fingerprint density at radius 1 is 1.23 bits per heavy atom. The summed E-state index contributed by atoms with van der Waals surface area (Å²) < 4.78 is 19.2. The lowest BCUT2D eigenvalue weighted by atomic mass is 9.67. The normalized spacial score (nSPS) is 19.4. The van der Waals surface area contributed by atoms with Crippen molar-refractivity contribution in [2.24, 2.45) is 0 Å². The monoisotopic (exact) mass is 416 g/mol. The van der Waals surface area contributed by atoms with Crippen LogP contribution in [0.3, 0.4) is 0 Å². The van der Waals surface area contributed by atoms with Crippen molar-refractivity contribution in [2.75, 3.05) is 7.11 Å². The van der Waals surface area contributed by atoms with Crippen LogP contribution in [0.4, 0.5) is 4.39 Å². The number of hydrogen-bond acceptors (Lipinski definition) is 4. The van der Waals surface area contributed by atoms with Gasteiger partial charge in [-0.2, -0.15) is 0 Å². The zero-order chi connectivity index (χ0) is 22.5. The number of methoxy groups -OCH3 is 1. The lowest BCUT2D eigenvalue weighted by molar-refractivity contribution is -0.148. The molecule has 1 saturated carbocycles. The quantitative estimate of drug-likeness (QED) is 0.733. The second-order valence-corrected chi connectivity index (χ2v) is 7.31. The minimum Gasteiger partial charge on any atom is -0.468 e. The predicted octanol–water partition coefficient (Wildman–Crippen LogP) is 4.75. The maximum Gasteiger partial charge on any atom is 0.316 e. The molecule has 164 valence electrons. The zero-order valence-corrected chi connectivity index (χ0v) is 18.9. The van der Waals surface area contributed by atoms with Crippen molar-refractivity contribution in [1.82, 2.24) is 9.97 Å². The van der Waals surface area contributed by atoms with Crippen molar-refractivity contribution in [3.05, 3.63) is 62.6 Å². The van der Waals surface area contributed by atoms with Gasteiger partial charge in [-0.25, -0.2) is 9.37 Å². The van der Waals surface area contributed by atoms with Crippen LogP contribution in [-0.4, -0.2) is 23.0 Å². The van der Waals surface area contributed by atoms with Gasteiger partial charge in [-0.15, -0.1) is 0 Å². The van der Waals surface area contributed by atoms with Crippen molar-refractivity contribution in [3.8, 4) is 0 Å². The summed E-state index contributed by atoms with van der Waals surface area (Å²) in [5.74, 6) is 0.294. The highest BCUT2D eigenvalue weighted by Crippen LogP contribution is 2.42. The van der Waals surface area contributed by atoms with Gasteiger partial charge in [-0.1, -0.05) is 39.8 Å². The minimum atomic E-state index is -1.07. The van der Waals surface area contributed by atoms with Crippen LogP contribution in [0.25, 0.3) is 0 Å². The van der Waals surface area contributed by atoms with E-state index >= 15 is 0 Å². The molecule has 1 atom stereocenters. The number of rotatable bonds is 3. The van der Waals surface area contributed by atoms with Gasteiger partial charge in [-0.05, 0) is 56.2 Å². The first-order valence-electron chi connectivity index (χ1n) is 10.9. The van der Waals surface area contributed by atoms with E-state index in [0.717, 1.165) is 24.4 Å². The van der Waals surface area contributed by atoms with Gasteiger partial charge in [0.25, 0.3) is 5.56 Å². The van der Waals surface area contributed by atoms with Crippen LogP contribution in [-0.2, 0) is 27.8 Å². The maximum atomic E-state index is 14.2. The van der Waals surface area contributed by atoms with E-state index in [2.05, 4.69) is 9.97 Å². The minimum absolute atomic E-state index is 0.173. The van der Waals surface area contributed by atoms with Crippen LogP contribution in [0.2, 0.25) is 0 Å². The summed E-state index contributed by atoms with van der Waals surface area (Å²) in [6.07, 6.45) is 3.21. The fourth-order valence-electron chi connectivity index (χ4n) is 4.06. The first-order chi connectivity index (χ1) is 14.5. The van der Waals surface area contributed by atoms with E-state index in [1.807, 2.05) is 27.7 Å². The fraction of sp³-hybridized carbons (Fsp3) is 0.542. The molecular weight excluding hydrogens is 383 g/mol. The highest BCUT2D eigenvalue weighted by Gasteiger charge is 2.46. The van der Waals surface area contributed by atoms with Gasteiger partial charge in [0.15, 0.2) is 0 Å². The van der Waals surface area contributed by atoms with E-state index in [0.29, 0.717) is 35.4 Å². The van der Waals surface area contributed by atoms with E-state index in [-0.39, 0.29) is 17.8 Å². The molecule has 0 bridgehead atoms. The van der Waals surface area contributed by atoms with E-state index in [1.165, 1.54) is 13.2 Å². The number of nitrogens with one attached hydrogen (secondary N) is 1. The van der Waals surface area contributed by atoms with Crippen molar-refractivity contribution in [2.45, 2.75) is 78.1 Å². The number of hydrogen-bond donors (Lipinski definition) is 1. The van der Waals surface area contributed by atoms with Crippen LogP contribution < -0.4 is 5.56 Å². The highest BCUT2D eigenvalue weighted by molar-refractivity contribution is 5.84. The number of aromatic nitrogens is 2. The Bertz CT molecular complexity index is 950. The molecule has 6 heteroatoms. The molecule has 0 amide bonds. The number of fused-ring (bicyclic) bond motifs is 1. The Labute approximate surface area is 178 Å². The molecule has 4 rings (SSSR count). The van der Waals surface area contributed by atoms with Gasteiger partial charge in [0, 0.05) is 11.5 Å². The van der Waals surface area contributed by atoms with Crippen LogP contribution in [0.15, 0.2) is 23.0 Å². The second-order valence-electron chi connectivity index (χ2n) is 7.31. The average molecular weight is 417 g/mol. The SMILES string of the molecule is CC.CC.COC(=O)C1(c2cccc(F)c2C)CCc2nc(C3CC3)[nH]c(=O)c2C1. The molecule has 0 saturated heterocycles.